The fraction of sp³-hybridized carbons (Fsp3) is 0.429. The van der Waals surface area contributed by atoms with E-state index in [4.69, 9.17) is 0 Å². The third-order valence-corrected chi connectivity index (χ3v) is 2.96. The molecular formula is C14H20O. The maximum absolute atomic E-state index is 9.51. The van der Waals surface area contributed by atoms with E-state index in [1.54, 1.807) is 0 Å². The van der Waals surface area contributed by atoms with Crippen LogP contribution in [0.3, 0.4) is 0 Å². The smallest absolute Gasteiger partial charge is 0.0525 e. The van der Waals surface area contributed by atoms with Gasteiger partial charge in [0.15, 0.2) is 0 Å². The first kappa shape index (κ1) is 12.0. The van der Waals surface area contributed by atoms with Crippen LogP contribution in [0.15, 0.2) is 43.0 Å². The molecule has 0 heterocycles. The first-order chi connectivity index (χ1) is 7.23. The average Bonchev–Trinajstić information content (AvgIpc) is 2.30. The van der Waals surface area contributed by atoms with Crippen molar-refractivity contribution in [1.82, 2.24) is 0 Å². The zero-order valence-corrected chi connectivity index (χ0v) is 9.45. The molecule has 1 nitrogen and oxygen atoms in total. The van der Waals surface area contributed by atoms with Crippen molar-refractivity contribution in [3.63, 3.8) is 0 Å². The molecule has 0 aliphatic carbocycles. The van der Waals surface area contributed by atoms with E-state index in [9.17, 15) is 5.11 Å². The first-order valence-electron chi connectivity index (χ1n) is 5.50. The molecule has 15 heavy (non-hydrogen) atoms. The molecular weight excluding hydrogens is 184 g/mol. The van der Waals surface area contributed by atoms with Crippen molar-refractivity contribution in [2.24, 2.45) is 0 Å². The Morgan fingerprint density at radius 3 is 2.53 bits per heavy atom. The molecule has 0 aliphatic heterocycles. The number of rotatable bonds is 6. The number of aliphatic hydroxyl groups excluding tert-OH is 1. The van der Waals surface area contributed by atoms with Crippen molar-refractivity contribution in [3.05, 3.63) is 48.6 Å². The van der Waals surface area contributed by atoms with Gasteiger partial charge in [0.25, 0.3) is 0 Å². The number of hydrogen-bond donors (Lipinski definition) is 1. The lowest BCUT2D eigenvalue weighted by molar-refractivity contribution is 0.195. The second kappa shape index (κ2) is 5.72. The van der Waals surface area contributed by atoms with E-state index >= 15 is 0 Å². The van der Waals surface area contributed by atoms with Gasteiger partial charge in [-0.15, -0.1) is 6.58 Å². The zero-order valence-electron chi connectivity index (χ0n) is 9.45. The molecule has 0 aromatic heterocycles. The van der Waals surface area contributed by atoms with Crippen molar-refractivity contribution in [3.8, 4) is 0 Å². The van der Waals surface area contributed by atoms with Gasteiger partial charge in [-0.2, -0.15) is 0 Å². The minimum atomic E-state index is -0.107. The summed E-state index contributed by atoms with van der Waals surface area (Å²) in [6.07, 6.45) is 5.03. The van der Waals surface area contributed by atoms with Crippen LogP contribution in [0.1, 0.15) is 31.7 Å². The fourth-order valence-electron chi connectivity index (χ4n) is 1.79. The van der Waals surface area contributed by atoms with E-state index in [0.717, 1.165) is 19.3 Å². The Labute approximate surface area is 92.5 Å². The first-order valence-corrected chi connectivity index (χ1v) is 5.50. The zero-order chi connectivity index (χ0) is 11.1. The highest BCUT2D eigenvalue weighted by Crippen LogP contribution is 2.28. The van der Waals surface area contributed by atoms with Crippen LogP contribution in [0.25, 0.3) is 0 Å². The van der Waals surface area contributed by atoms with Gasteiger partial charge >= 0.3 is 0 Å². The molecule has 1 aromatic rings. The molecule has 1 atom stereocenters. The molecule has 1 rings (SSSR count). The van der Waals surface area contributed by atoms with Crippen LogP contribution in [-0.4, -0.2) is 11.7 Å². The topological polar surface area (TPSA) is 20.2 Å². The van der Waals surface area contributed by atoms with Gasteiger partial charge in [-0.05, 0) is 24.8 Å². The number of hydrogen-bond acceptors (Lipinski definition) is 1. The summed E-state index contributed by atoms with van der Waals surface area (Å²) in [6, 6.07) is 10.2. The van der Waals surface area contributed by atoms with Gasteiger partial charge in [0, 0.05) is 5.41 Å². The molecule has 82 valence electrons. The Hall–Kier alpha value is -1.08. The molecule has 1 unspecified atom stereocenters. The van der Waals surface area contributed by atoms with Crippen molar-refractivity contribution in [2.75, 3.05) is 6.61 Å². The van der Waals surface area contributed by atoms with E-state index in [-0.39, 0.29) is 12.0 Å². The van der Waals surface area contributed by atoms with Crippen LogP contribution in [0, 0.1) is 0 Å². The van der Waals surface area contributed by atoms with Gasteiger partial charge in [0.2, 0.25) is 0 Å². The molecule has 0 amide bonds. The predicted molar refractivity (Wildman–Crippen MR) is 64.9 cm³/mol. The summed E-state index contributed by atoms with van der Waals surface area (Å²) < 4.78 is 0. The highest BCUT2D eigenvalue weighted by Gasteiger charge is 2.24. The summed E-state index contributed by atoms with van der Waals surface area (Å²) in [5.74, 6) is 0. The third kappa shape index (κ3) is 3.21. The molecule has 0 bridgehead atoms. The van der Waals surface area contributed by atoms with E-state index in [0.29, 0.717) is 0 Å². The second-order valence-corrected chi connectivity index (χ2v) is 4.27. The fourth-order valence-corrected chi connectivity index (χ4v) is 1.79. The molecule has 0 radical (unpaired) electrons. The van der Waals surface area contributed by atoms with Gasteiger partial charge < -0.3 is 5.11 Å². The standard InChI is InChI=1S/C14H20O/c1-3-4-8-11-14(2,12-15)13-9-6-5-7-10-13/h3,5-7,9-10,15H,1,4,8,11-12H2,2H3. The normalized spacial score (nSPS) is 14.5. The lowest BCUT2D eigenvalue weighted by atomic mass is 9.79. The quantitative estimate of drug-likeness (QED) is 0.557. The number of aliphatic hydroxyl groups is 1. The summed E-state index contributed by atoms with van der Waals surface area (Å²) >= 11 is 0. The molecule has 1 heteroatoms. The molecule has 0 saturated heterocycles. The molecule has 1 aromatic carbocycles. The number of allylic oxidation sites excluding steroid dienone is 1. The third-order valence-electron chi connectivity index (χ3n) is 2.96. The summed E-state index contributed by atoms with van der Waals surface area (Å²) in [5, 5.41) is 9.51. The van der Waals surface area contributed by atoms with Gasteiger partial charge in [0.1, 0.15) is 0 Å². The molecule has 0 aliphatic rings. The Kier molecular flexibility index (Phi) is 4.57. The second-order valence-electron chi connectivity index (χ2n) is 4.27. The maximum Gasteiger partial charge on any atom is 0.0525 e. The van der Waals surface area contributed by atoms with Crippen molar-refractivity contribution < 1.29 is 5.11 Å². The lowest BCUT2D eigenvalue weighted by Gasteiger charge is -2.27. The number of unbranched alkanes of at least 4 members (excludes halogenated alkanes) is 1. The van der Waals surface area contributed by atoms with Crippen LogP contribution in [-0.2, 0) is 5.41 Å². The lowest BCUT2D eigenvalue weighted by Crippen LogP contribution is -2.26. The largest absolute Gasteiger partial charge is 0.395 e. The van der Waals surface area contributed by atoms with Crippen molar-refractivity contribution in [2.45, 2.75) is 31.6 Å². The Bertz CT molecular complexity index is 291. The SMILES string of the molecule is C=CCCCC(C)(CO)c1ccccc1. The Balaban J connectivity index is 2.71. The van der Waals surface area contributed by atoms with E-state index in [1.807, 2.05) is 24.3 Å². The molecule has 0 fully saturated rings. The van der Waals surface area contributed by atoms with Crippen LogP contribution >= 0.6 is 0 Å². The van der Waals surface area contributed by atoms with Crippen LogP contribution in [0.2, 0.25) is 0 Å². The summed E-state index contributed by atoms with van der Waals surface area (Å²) in [5.41, 5.74) is 1.11. The van der Waals surface area contributed by atoms with Crippen LogP contribution in [0.5, 0.6) is 0 Å². The highest BCUT2D eigenvalue weighted by molar-refractivity contribution is 5.24. The monoisotopic (exact) mass is 204 g/mol. The maximum atomic E-state index is 9.51. The summed E-state index contributed by atoms with van der Waals surface area (Å²) in [6.45, 7) is 6.04. The Morgan fingerprint density at radius 1 is 1.33 bits per heavy atom. The van der Waals surface area contributed by atoms with Gasteiger partial charge in [-0.3, -0.25) is 0 Å². The van der Waals surface area contributed by atoms with E-state index in [1.165, 1.54) is 5.56 Å². The summed E-state index contributed by atoms with van der Waals surface area (Å²) in [4.78, 5) is 0. The molecule has 0 saturated carbocycles. The average molecular weight is 204 g/mol. The summed E-state index contributed by atoms with van der Waals surface area (Å²) in [7, 11) is 0. The predicted octanol–water partition coefficient (Wildman–Crippen LogP) is 3.29. The van der Waals surface area contributed by atoms with Gasteiger partial charge in [-0.25, -0.2) is 0 Å². The Morgan fingerprint density at radius 2 is 2.00 bits per heavy atom. The minimum Gasteiger partial charge on any atom is -0.395 e. The van der Waals surface area contributed by atoms with Gasteiger partial charge in [0.05, 0.1) is 6.61 Å². The van der Waals surface area contributed by atoms with Crippen LogP contribution in [0.4, 0.5) is 0 Å². The van der Waals surface area contributed by atoms with Crippen molar-refractivity contribution in [1.29, 1.82) is 0 Å². The highest BCUT2D eigenvalue weighted by atomic mass is 16.3. The van der Waals surface area contributed by atoms with Crippen LogP contribution < -0.4 is 0 Å². The van der Waals surface area contributed by atoms with E-state index in [2.05, 4.69) is 25.6 Å². The van der Waals surface area contributed by atoms with Crippen molar-refractivity contribution >= 4 is 0 Å². The molecule has 1 N–H and O–H groups in total. The molecule has 0 spiro atoms. The number of benzene rings is 1. The minimum absolute atomic E-state index is 0.107. The van der Waals surface area contributed by atoms with Gasteiger partial charge in [-0.1, -0.05) is 43.3 Å². The van der Waals surface area contributed by atoms with E-state index < -0.39 is 0 Å².